The molecule has 49 heavy (non-hydrogen) atoms. The Labute approximate surface area is 284 Å². The van der Waals surface area contributed by atoms with Crippen LogP contribution < -0.4 is 20.1 Å². The van der Waals surface area contributed by atoms with Crippen molar-refractivity contribution < 1.29 is 19.1 Å². The second-order valence-corrected chi connectivity index (χ2v) is 11.4. The Bertz CT molecular complexity index is 2060. The summed E-state index contributed by atoms with van der Waals surface area (Å²) in [5.41, 5.74) is 5.90. The number of hydrogen-bond acceptors (Lipinski definition) is 8. The van der Waals surface area contributed by atoms with Crippen molar-refractivity contribution in [1.29, 1.82) is 0 Å². The van der Waals surface area contributed by atoms with Crippen LogP contribution in [-0.4, -0.2) is 63.5 Å². The molecule has 0 fully saturated rings. The second kappa shape index (κ2) is 15.2. The van der Waals surface area contributed by atoms with Crippen molar-refractivity contribution in [2.45, 2.75) is 19.9 Å². The summed E-state index contributed by atoms with van der Waals surface area (Å²) in [6, 6.07) is 26.6. The number of nitrogens with one attached hydrogen (secondary N) is 2. The number of para-hydroxylation sites is 2. The van der Waals surface area contributed by atoms with E-state index in [4.69, 9.17) is 9.47 Å². The quantitative estimate of drug-likeness (QED) is 0.147. The SMILES string of the molecule is CCN(CCc1ccc(NC(=O)c2cc(OC)c(OC)cc2NC(=O)c2cnc3ccccc3n2)cc1)Cc1cccc(-n2ccnc2)c1. The van der Waals surface area contributed by atoms with E-state index >= 15 is 0 Å². The number of carbonyl (C=O) groups excluding carboxylic acids is 2. The van der Waals surface area contributed by atoms with Crippen LogP contribution in [0, 0.1) is 0 Å². The second-order valence-electron chi connectivity index (χ2n) is 11.4. The van der Waals surface area contributed by atoms with Crippen LogP contribution >= 0.6 is 0 Å². The third kappa shape index (κ3) is 7.91. The first-order valence-electron chi connectivity index (χ1n) is 15.9. The number of nitrogens with zero attached hydrogens (tertiary/aromatic N) is 5. The summed E-state index contributed by atoms with van der Waals surface area (Å²) in [5.74, 6) is -0.240. The van der Waals surface area contributed by atoms with Crippen LogP contribution in [0.3, 0.4) is 0 Å². The van der Waals surface area contributed by atoms with Crippen LogP contribution in [0.5, 0.6) is 11.5 Å². The molecule has 0 radical (unpaired) electrons. The minimum atomic E-state index is -0.518. The number of aromatic nitrogens is 4. The van der Waals surface area contributed by atoms with Crippen LogP contribution in [0.25, 0.3) is 16.7 Å². The lowest BCUT2D eigenvalue weighted by Gasteiger charge is -2.21. The predicted molar refractivity (Wildman–Crippen MR) is 190 cm³/mol. The molecular weight excluding hydrogens is 618 g/mol. The molecule has 248 valence electrons. The molecule has 0 bridgehead atoms. The molecule has 0 aliphatic carbocycles. The van der Waals surface area contributed by atoms with Gasteiger partial charge in [0.05, 0.1) is 49.0 Å². The molecule has 0 saturated carbocycles. The first-order valence-corrected chi connectivity index (χ1v) is 15.9. The van der Waals surface area contributed by atoms with Gasteiger partial charge in [-0.2, -0.15) is 0 Å². The molecule has 2 aromatic heterocycles. The third-order valence-corrected chi connectivity index (χ3v) is 8.19. The molecule has 6 aromatic rings. The predicted octanol–water partition coefficient (Wildman–Crippen LogP) is 6.40. The van der Waals surface area contributed by atoms with Crippen molar-refractivity contribution in [3.05, 3.63) is 132 Å². The van der Waals surface area contributed by atoms with Gasteiger partial charge in [0.2, 0.25) is 0 Å². The van der Waals surface area contributed by atoms with Crippen LogP contribution in [0.15, 0.2) is 110 Å². The normalized spacial score (nSPS) is 11.0. The molecule has 0 aliphatic heterocycles. The summed E-state index contributed by atoms with van der Waals surface area (Å²) in [7, 11) is 2.97. The topological polar surface area (TPSA) is 124 Å². The van der Waals surface area contributed by atoms with Gasteiger partial charge in [0, 0.05) is 42.9 Å². The van der Waals surface area contributed by atoms with E-state index in [0.29, 0.717) is 28.2 Å². The minimum absolute atomic E-state index is 0.111. The summed E-state index contributed by atoms with van der Waals surface area (Å²) < 4.78 is 12.9. The Hall–Kier alpha value is -6.07. The number of anilines is 2. The lowest BCUT2D eigenvalue weighted by atomic mass is 10.1. The molecular formula is C38H37N7O4. The van der Waals surface area contributed by atoms with E-state index in [1.54, 1.807) is 24.7 Å². The molecule has 0 saturated heterocycles. The highest BCUT2D eigenvalue weighted by atomic mass is 16.5. The number of methoxy groups -OCH3 is 2. The van der Waals surface area contributed by atoms with Gasteiger partial charge in [-0.1, -0.05) is 43.3 Å². The van der Waals surface area contributed by atoms with Crippen molar-refractivity contribution in [1.82, 2.24) is 24.4 Å². The Morgan fingerprint density at radius 3 is 2.35 bits per heavy atom. The van der Waals surface area contributed by atoms with Crippen LogP contribution in [0.4, 0.5) is 11.4 Å². The molecule has 0 spiro atoms. The van der Waals surface area contributed by atoms with Crippen molar-refractivity contribution in [3.63, 3.8) is 0 Å². The zero-order valence-corrected chi connectivity index (χ0v) is 27.6. The zero-order valence-electron chi connectivity index (χ0n) is 27.6. The smallest absolute Gasteiger partial charge is 0.275 e. The fourth-order valence-electron chi connectivity index (χ4n) is 5.50. The highest BCUT2D eigenvalue weighted by molar-refractivity contribution is 6.12. The monoisotopic (exact) mass is 655 g/mol. The highest BCUT2D eigenvalue weighted by Crippen LogP contribution is 2.34. The van der Waals surface area contributed by atoms with Crippen molar-refractivity contribution in [2.24, 2.45) is 0 Å². The van der Waals surface area contributed by atoms with Gasteiger partial charge >= 0.3 is 0 Å². The van der Waals surface area contributed by atoms with Crippen molar-refractivity contribution in [2.75, 3.05) is 37.9 Å². The van der Waals surface area contributed by atoms with Crippen molar-refractivity contribution in [3.8, 4) is 17.2 Å². The molecule has 0 unspecified atom stereocenters. The lowest BCUT2D eigenvalue weighted by Crippen LogP contribution is -2.25. The molecule has 0 aliphatic rings. The molecule has 0 atom stereocenters. The number of rotatable bonds is 13. The number of hydrogen-bond donors (Lipinski definition) is 2. The van der Waals surface area contributed by atoms with E-state index in [0.717, 1.165) is 37.3 Å². The summed E-state index contributed by atoms with van der Waals surface area (Å²) in [5, 5.41) is 5.75. The molecule has 4 aromatic carbocycles. The average Bonchev–Trinajstić information content (AvgIpc) is 3.69. The van der Waals surface area contributed by atoms with Gasteiger partial charge in [0.25, 0.3) is 11.8 Å². The molecule has 2 heterocycles. The molecule has 11 nitrogen and oxygen atoms in total. The summed E-state index contributed by atoms with van der Waals surface area (Å²) in [4.78, 5) is 42.2. The van der Waals surface area contributed by atoms with Crippen LogP contribution in [-0.2, 0) is 13.0 Å². The number of imidazole rings is 1. The van der Waals surface area contributed by atoms with Gasteiger partial charge in [-0.3, -0.25) is 19.5 Å². The minimum Gasteiger partial charge on any atom is -0.493 e. The average molecular weight is 656 g/mol. The van der Waals surface area contributed by atoms with Gasteiger partial charge in [0.15, 0.2) is 11.5 Å². The maximum absolute atomic E-state index is 13.6. The maximum atomic E-state index is 13.6. The molecule has 2 amide bonds. The maximum Gasteiger partial charge on any atom is 0.275 e. The summed E-state index contributed by atoms with van der Waals surface area (Å²) >= 11 is 0. The van der Waals surface area contributed by atoms with E-state index in [2.05, 4.69) is 61.7 Å². The van der Waals surface area contributed by atoms with Crippen LogP contribution in [0.1, 0.15) is 38.9 Å². The number of carbonyl (C=O) groups is 2. The Balaban J connectivity index is 1.12. The number of ether oxygens (including phenoxy) is 2. The molecule has 11 heteroatoms. The first-order chi connectivity index (χ1) is 23.9. The first kappa shape index (κ1) is 32.9. The van der Waals surface area contributed by atoms with E-state index in [1.807, 2.05) is 53.2 Å². The Kier molecular flexibility index (Phi) is 10.2. The van der Waals surface area contributed by atoms with E-state index in [9.17, 15) is 9.59 Å². The number of fused-ring (bicyclic) bond motifs is 1. The fraction of sp³-hybridized carbons (Fsp3) is 0.184. The van der Waals surface area contributed by atoms with E-state index in [-0.39, 0.29) is 16.9 Å². The largest absolute Gasteiger partial charge is 0.493 e. The third-order valence-electron chi connectivity index (χ3n) is 8.19. The fourth-order valence-corrected chi connectivity index (χ4v) is 5.50. The number of benzene rings is 4. The Morgan fingerprint density at radius 2 is 1.61 bits per heavy atom. The molecule has 2 N–H and O–H groups in total. The van der Waals surface area contributed by atoms with Crippen molar-refractivity contribution >= 4 is 34.2 Å². The van der Waals surface area contributed by atoms with E-state index < -0.39 is 11.8 Å². The van der Waals surface area contributed by atoms with Crippen LogP contribution in [0.2, 0.25) is 0 Å². The van der Waals surface area contributed by atoms with Gasteiger partial charge < -0.3 is 24.7 Å². The highest BCUT2D eigenvalue weighted by Gasteiger charge is 2.20. The summed E-state index contributed by atoms with van der Waals surface area (Å²) in [6.45, 7) is 4.80. The number of amides is 2. The van der Waals surface area contributed by atoms with Gasteiger partial charge in [0.1, 0.15) is 5.69 Å². The van der Waals surface area contributed by atoms with E-state index in [1.165, 1.54) is 32.0 Å². The van der Waals surface area contributed by atoms with Gasteiger partial charge in [-0.05, 0) is 66.6 Å². The lowest BCUT2D eigenvalue weighted by molar-refractivity contribution is 0.102. The molecule has 6 rings (SSSR count). The van der Waals surface area contributed by atoms with Gasteiger partial charge in [-0.25, -0.2) is 9.97 Å². The number of likely N-dealkylation sites (N-methyl/N-ethyl adjacent to an activating group) is 1. The standard InChI is InChI=1S/C38H37N7O4/c1-4-44(24-27-8-7-9-29(20-27)45-19-17-39-25-45)18-16-26-12-14-28(15-13-26)41-37(46)30-21-35(48-2)36(49-3)22-33(30)43-38(47)34-23-40-31-10-5-6-11-32(31)42-34/h5-15,17,19-23,25H,4,16,18,24H2,1-3H3,(H,41,46)(H,43,47). The van der Waals surface area contributed by atoms with Gasteiger partial charge in [-0.15, -0.1) is 0 Å². The zero-order chi connectivity index (χ0) is 34.2. The summed E-state index contributed by atoms with van der Waals surface area (Å²) in [6.07, 6.45) is 7.78. The Morgan fingerprint density at radius 1 is 0.837 bits per heavy atom.